The Morgan fingerprint density at radius 3 is 2.72 bits per heavy atom. The van der Waals surface area contributed by atoms with E-state index in [1.807, 2.05) is 12.1 Å². The van der Waals surface area contributed by atoms with Crippen molar-refractivity contribution in [1.82, 2.24) is 14.7 Å². The van der Waals surface area contributed by atoms with Gasteiger partial charge < -0.3 is 5.73 Å². The maximum absolute atomic E-state index is 12.1. The van der Waals surface area contributed by atoms with Crippen molar-refractivity contribution >= 4 is 27.3 Å². The van der Waals surface area contributed by atoms with Gasteiger partial charge in [-0.05, 0) is 70.5 Å². The Labute approximate surface area is 176 Å². The van der Waals surface area contributed by atoms with Crippen LogP contribution in [0.5, 0.6) is 0 Å². The molecule has 0 aliphatic carbocycles. The van der Waals surface area contributed by atoms with Gasteiger partial charge in [-0.2, -0.15) is 5.10 Å². The largest absolute Gasteiger partial charge is 0.365 e. The molecule has 154 valence electrons. The normalized spacial score (nSPS) is 17.6. The molecule has 0 bridgehead atoms. The Bertz CT molecular complexity index is 1050. The molecule has 0 unspecified atom stereocenters. The number of thiophene rings is 1. The zero-order valence-electron chi connectivity index (χ0n) is 17.7. The Morgan fingerprint density at radius 1 is 1.28 bits per heavy atom. The van der Waals surface area contributed by atoms with E-state index in [0.717, 1.165) is 46.8 Å². The van der Waals surface area contributed by atoms with Gasteiger partial charge in [0.15, 0.2) is 0 Å². The molecular weight excluding hydrogens is 380 g/mol. The van der Waals surface area contributed by atoms with Crippen LogP contribution in [0.25, 0.3) is 10.1 Å². The number of rotatable bonds is 6. The zero-order chi connectivity index (χ0) is 20.7. The second-order valence-electron chi connectivity index (χ2n) is 8.43. The summed E-state index contributed by atoms with van der Waals surface area (Å²) in [5.41, 5.74) is 10.6. The monoisotopic (exact) mass is 410 g/mol. The average Bonchev–Trinajstić information content (AvgIpc) is 3.35. The van der Waals surface area contributed by atoms with Gasteiger partial charge in [0.2, 0.25) is 0 Å². The van der Waals surface area contributed by atoms with E-state index in [-0.39, 0.29) is 5.91 Å². The first-order valence-electron chi connectivity index (χ1n) is 10.5. The fraction of sp³-hybridized carbons (Fsp3) is 0.478. The molecule has 0 radical (unpaired) electrons. The number of nitrogens with two attached hydrogens (primary N) is 1. The zero-order valence-corrected chi connectivity index (χ0v) is 18.6. The van der Waals surface area contributed by atoms with Gasteiger partial charge >= 0.3 is 0 Å². The number of aromatic nitrogens is 2. The van der Waals surface area contributed by atoms with Crippen molar-refractivity contribution in [3.8, 4) is 0 Å². The molecule has 0 spiro atoms. The minimum atomic E-state index is -0.310. The van der Waals surface area contributed by atoms with Gasteiger partial charge in [-0.15, -0.1) is 11.3 Å². The minimum absolute atomic E-state index is 0.310. The van der Waals surface area contributed by atoms with Gasteiger partial charge in [0.1, 0.15) is 0 Å². The minimum Gasteiger partial charge on any atom is -0.365 e. The third kappa shape index (κ3) is 3.71. The highest BCUT2D eigenvalue weighted by Gasteiger charge is 2.29. The van der Waals surface area contributed by atoms with Gasteiger partial charge in [-0.1, -0.05) is 18.2 Å². The molecule has 3 heterocycles. The summed E-state index contributed by atoms with van der Waals surface area (Å²) in [4.78, 5) is 15.4. The van der Waals surface area contributed by atoms with E-state index in [2.05, 4.69) is 49.4 Å². The number of carbonyl (C=O) groups is 1. The van der Waals surface area contributed by atoms with Crippen LogP contribution in [0, 0.1) is 13.8 Å². The highest BCUT2D eigenvalue weighted by atomic mass is 32.1. The molecule has 1 atom stereocenters. The standard InChI is InChI=1S/C23H30N4OS/c1-14(2)27-16(4)20(15(3)25-27)13-26-11-7-8-17(26)12-19-18-9-5-6-10-21(18)29-22(19)23(24)28/h5-6,9-10,14,17H,7-8,11-13H2,1-4H3,(H2,24,28)/t17-/m1/s1. The number of hydrogen-bond acceptors (Lipinski definition) is 4. The summed E-state index contributed by atoms with van der Waals surface area (Å²) >= 11 is 1.53. The van der Waals surface area contributed by atoms with Gasteiger partial charge in [0.05, 0.1) is 10.6 Å². The molecule has 0 saturated carbocycles. The summed E-state index contributed by atoms with van der Waals surface area (Å²) in [5, 5.41) is 5.94. The first-order chi connectivity index (χ1) is 13.9. The number of primary amides is 1. The number of carbonyl (C=O) groups excluding carboxylic acids is 1. The number of fused-ring (bicyclic) bond motifs is 1. The van der Waals surface area contributed by atoms with Crippen LogP contribution < -0.4 is 5.73 Å². The molecule has 6 heteroatoms. The molecule has 1 aliphatic rings. The lowest BCUT2D eigenvalue weighted by Crippen LogP contribution is -2.31. The lowest BCUT2D eigenvalue weighted by molar-refractivity contribution is 0.100. The Kier molecular flexibility index (Phi) is 5.49. The molecule has 2 N–H and O–H groups in total. The van der Waals surface area contributed by atoms with Crippen molar-refractivity contribution in [2.24, 2.45) is 5.73 Å². The van der Waals surface area contributed by atoms with Gasteiger partial charge in [0, 0.05) is 34.6 Å². The SMILES string of the molecule is Cc1nn(C(C)C)c(C)c1CN1CCC[C@@H]1Cc1c(C(N)=O)sc2ccccc12. The van der Waals surface area contributed by atoms with Gasteiger partial charge in [0.25, 0.3) is 5.91 Å². The fourth-order valence-corrected chi connectivity index (χ4v) is 5.79. The van der Waals surface area contributed by atoms with Crippen molar-refractivity contribution in [3.05, 3.63) is 51.7 Å². The van der Waals surface area contributed by atoms with Crippen LogP contribution in [0.15, 0.2) is 24.3 Å². The molecule has 2 aromatic heterocycles. The fourth-order valence-electron chi connectivity index (χ4n) is 4.70. The summed E-state index contributed by atoms with van der Waals surface area (Å²) in [6.45, 7) is 10.7. The Balaban J connectivity index is 1.62. The molecule has 1 aromatic carbocycles. The second kappa shape index (κ2) is 7.92. The van der Waals surface area contributed by atoms with E-state index in [9.17, 15) is 4.79 Å². The predicted octanol–water partition coefficient (Wildman–Crippen LogP) is 4.60. The van der Waals surface area contributed by atoms with Crippen LogP contribution in [0.1, 0.15) is 64.9 Å². The molecule has 1 amide bonds. The van der Waals surface area contributed by atoms with Crippen LogP contribution in [0.2, 0.25) is 0 Å². The summed E-state index contributed by atoms with van der Waals surface area (Å²) in [6, 6.07) is 9.05. The van der Waals surface area contributed by atoms with Crippen LogP contribution in [0.3, 0.4) is 0 Å². The molecule has 29 heavy (non-hydrogen) atoms. The number of likely N-dealkylation sites (tertiary alicyclic amines) is 1. The van der Waals surface area contributed by atoms with E-state index in [4.69, 9.17) is 10.8 Å². The molecule has 1 saturated heterocycles. The van der Waals surface area contributed by atoms with Crippen molar-refractivity contribution in [2.75, 3.05) is 6.54 Å². The molecule has 5 nitrogen and oxygen atoms in total. The van der Waals surface area contributed by atoms with Crippen molar-refractivity contribution in [1.29, 1.82) is 0 Å². The maximum atomic E-state index is 12.1. The highest BCUT2D eigenvalue weighted by molar-refractivity contribution is 7.21. The quantitative estimate of drug-likeness (QED) is 0.646. The van der Waals surface area contributed by atoms with E-state index >= 15 is 0 Å². The van der Waals surface area contributed by atoms with E-state index < -0.39 is 0 Å². The van der Waals surface area contributed by atoms with Crippen molar-refractivity contribution < 1.29 is 4.79 Å². The highest BCUT2D eigenvalue weighted by Crippen LogP contribution is 2.35. The summed E-state index contributed by atoms with van der Waals surface area (Å²) in [6.07, 6.45) is 3.21. The number of aryl methyl sites for hydroxylation is 1. The molecule has 1 aliphatic heterocycles. The van der Waals surface area contributed by atoms with Crippen LogP contribution in [-0.2, 0) is 13.0 Å². The van der Waals surface area contributed by atoms with Crippen LogP contribution in [-0.4, -0.2) is 33.2 Å². The van der Waals surface area contributed by atoms with E-state index in [1.165, 1.54) is 34.4 Å². The molecule has 1 fully saturated rings. The van der Waals surface area contributed by atoms with E-state index in [0.29, 0.717) is 12.1 Å². The maximum Gasteiger partial charge on any atom is 0.259 e. The summed E-state index contributed by atoms with van der Waals surface area (Å²) in [5.74, 6) is -0.310. The number of benzene rings is 1. The topological polar surface area (TPSA) is 64.2 Å². The van der Waals surface area contributed by atoms with Crippen LogP contribution in [0.4, 0.5) is 0 Å². The Hall–Kier alpha value is -2.18. The van der Waals surface area contributed by atoms with Crippen LogP contribution >= 0.6 is 11.3 Å². The third-order valence-corrected chi connectivity index (χ3v) is 7.41. The number of nitrogens with zero attached hydrogens (tertiary/aromatic N) is 3. The smallest absolute Gasteiger partial charge is 0.259 e. The second-order valence-corrected chi connectivity index (χ2v) is 9.48. The number of amides is 1. The summed E-state index contributed by atoms with van der Waals surface area (Å²) in [7, 11) is 0. The van der Waals surface area contributed by atoms with Gasteiger partial charge in [-0.3, -0.25) is 14.4 Å². The predicted molar refractivity (Wildman–Crippen MR) is 120 cm³/mol. The van der Waals surface area contributed by atoms with E-state index in [1.54, 1.807) is 0 Å². The van der Waals surface area contributed by atoms with Crippen molar-refractivity contribution in [2.45, 2.75) is 65.6 Å². The van der Waals surface area contributed by atoms with Crippen molar-refractivity contribution in [3.63, 3.8) is 0 Å². The Morgan fingerprint density at radius 2 is 2.03 bits per heavy atom. The number of hydrogen-bond donors (Lipinski definition) is 1. The lowest BCUT2D eigenvalue weighted by Gasteiger charge is -2.25. The molecule has 4 rings (SSSR count). The first kappa shape index (κ1) is 20.1. The average molecular weight is 411 g/mol. The third-order valence-electron chi connectivity index (χ3n) is 6.19. The first-order valence-corrected chi connectivity index (χ1v) is 11.3. The molecule has 3 aromatic rings. The summed E-state index contributed by atoms with van der Waals surface area (Å²) < 4.78 is 3.28. The van der Waals surface area contributed by atoms with Gasteiger partial charge in [-0.25, -0.2) is 0 Å². The lowest BCUT2D eigenvalue weighted by atomic mass is 10.00. The molecular formula is C23H30N4OS.